The van der Waals surface area contributed by atoms with Crippen molar-refractivity contribution in [3.63, 3.8) is 0 Å². The number of nitriles is 1. The van der Waals surface area contributed by atoms with E-state index in [0.29, 0.717) is 16.1 Å². The average molecular weight is 317 g/mol. The van der Waals surface area contributed by atoms with Crippen molar-refractivity contribution in [2.75, 3.05) is 5.75 Å². The molecule has 0 aliphatic heterocycles. The first-order chi connectivity index (χ1) is 8.86. The summed E-state index contributed by atoms with van der Waals surface area (Å²) >= 11 is 13.5. The van der Waals surface area contributed by atoms with E-state index in [0.717, 1.165) is 17.1 Å². The van der Waals surface area contributed by atoms with Crippen LogP contribution in [0.5, 0.6) is 0 Å². The Labute approximate surface area is 129 Å². The second-order valence-corrected chi connectivity index (χ2v) is 6.90. The summed E-state index contributed by atoms with van der Waals surface area (Å²) in [5.41, 5.74) is -0.489. The molecule has 1 aromatic carbocycles. The van der Waals surface area contributed by atoms with Gasteiger partial charge in [0, 0.05) is 16.7 Å². The topological polar surface area (TPSA) is 35.8 Å². The van der Waals surface area contributed by atoms with Gasteiger partial charge in [0.15, 0.2) is 0 Å². The molecule has 0 radical (unpaired) electrons. The fourth-order valence-electron chi connectivity index (χ4n) is 1.74. The van der Waals surface area contributed by atoms with Crippen LogP contribution in [-0.4, -0.2) is 17.3 Å². The van der Waals surface area contributed by atoms with Gasteiger partial charge in [0.25, 0.3) is 0 Å². The lowest BCUT2D eigenvalue weighted by atomic mass is 10.0. The minimum Gasteiger partial charge on any atom is -0.297 e. The van der Waals surface area contributed by atoms with E-state index in [2.05, 4.69) is 11.4 Å². The Morgan fingerprint density at radius 3 is 2.58 bits per heavy atom. The Kier molecular flexibility index (Phi) is 6.49. The van der Waals surface area contributed by atoms with Crippen molar-refractivity contribution < 1.29 is 0 Å². The Morgan fingerprint density at radius 1 is 1.37 bits per heavy atom. The molecule has 1 aromatic rings. The van der Waals surface area contributed by atoms with Gasteiger partial charge in [-0.1, -0.05) is 23.2 Å². The normalized spacial score (nSPS) is 14.2. The highest BCUT2D eigenvalue weighted by Crippen LogP contribution is 2.29. The lowest BCUT2D eigenvalue weighted by Gasteiger charge is -2.25. The van der Waals surface area contributed by atoms with Crippen LogP contribution in [0.2, 0.25) is 10.0 Å². The zero-order chi connectivity index (χ0) is 14.5. The molecule has 0 saturated carbocycles. The van der Waals surface area contributed by atoms with Crippen LogP contribution in [-0.2, 0) is 0 Å². The summed E-state index contributed by atoms with van der Waals surface area (Å²) in [6.45, 7) is 6.02. The first-order valence-electron chi connectivity index (χ1n) is 6.13. The minimum atomic E-state index is -0.489. The van der Waals surface area contributed by atoms with E-state index in [1.165, 1.54) is 0 Å². The predicted molar refractivity (Wildman–Crippen MR) is 84.1 cm³/mol. The quantitative estimate of drug-likeness (QED) is 0.769. The number of halogens is 2. The van der Waals surface area contributed by atoms with E-state index >= 15 is 0 Å². The first-order valence-corrected chi connectivity index (χ1v) is 7.87. The summed E-state index contributed by atoms with van der Waals surface area (Å²) in [5.74, 6) is 0.849. The van der Waals surface area contributed by atoms with E-state index in [4.69, 9.17) is 23.2 Å². The maximum Gasteiger partial charge on any atom is 0.104 e. The molecule has 1 N–H and O–H groups in total. The smallest absolute Gasteiger partial charge is 0.104 e. The van der Waals surface area contributed by atoms with Crippen molar-refractivity contribution in [1.82, 2.24) is 5.32 Å². The van der Waals surface area contributed by atoms with Gasteiger partial charge in [-0.25, -0.2) is 0 Å². The molecular weight excluding hydrogens is 299 g/mol. The summed E-state index contributed by atoms with van der Waals surface area (Å²) in [6.07, 6.45) is 0.770. The maximum absolute atomic E-state index is 9.25. The van der Waals surface area contributed by atoms with Crippen LogP contribution in [0.15, 0.2) is 23.1 Å². The summed E-state index contributed by atoms with van der Waals surface area (Å²) in [5, 5.41) is 13.7. The SMILES string of the molecule is CC(C)NC(C)(C#N)CCSc1ccc(Cl)c(Cl)c1. The van der Waals surface area contributed by atoms with Crippen LogP contribution in [0.1, 0.15) is 27.2 Å². The number of thioether (sulfide) groups is 1. The molecule has 0 spiro atoms. The Balaban J connectivity index is 2.53. The third-order valence-electron chi connectivity index (χ3n) is 2.62. The lowest BCUT2D eigenvalue weighted by Crippen LogP contribution is -2.45. The molecule has 0 aliphatic carbocycles. The number of nitrogens with zero attached hydrogens (tertiary/aromatic N) is 1. The molecule has 5 heteroatoms. The largest absolute Gasteiger partial charge is 0.297 e. The molecule has 0 fully saturated rings. The number of rotatable bonds is 6. The predicted octanol–water partition coefficient (Wildman–Crippen LogP) is 4.76. The summed E-state index contributed by atoms with van der Waals surface area (Å²) in [4.78, 5) is 1.07. The van der Waals surface area contributed by atoms with Crippen LogP contribution in [0.4, 0.5) is 0 Å². The third-order valence-corrected chi connectivity index (χ3v) is 4.35. The molecule has 0 saturated heterocycles. The Morgan fingerprint density at radius 2 is 2.05 bits per heavy atom. The van der Waals surface area contributed by atoms with Gasteiger partial charge in [-0.3, -0.25) is 5.32 Å². The highest BCUT2D eigenvalue weighted by molar-refractivity contribution is 7.99. The van der Waals surface area contributed by atoms with Crippen LogP contribution in [0.25, 0.3) is 0 Å². The number of benzene rings is 1. The number of hydrogen-bond donors (Lipinski definition) is 1. The molecule has 104 valence electrons. The van der Waals surface area contributed by atoms with Crippen molar-refractivity contribution in [3.8, 4) is 6.07 Å². The van der Waals surface area contributed by atoms with Crippen molar-refractivity contribution in [3.05, 3.63) is 28.2 Å². The molecule has 0 aromatic heterocycles. The summed E-state index contributed by atoms with van der Waals surface area (Å²) in [6, 6.07) is 8.23. The Bertz CT molecular complexity index is 471. The minimum absolute atomic E-state index is 0.291. The van der Waals surface area contributed by atoms with Gasteiger partial charge in [0.2, 0.25) is 0 Å². The number of hydrogen-bond acceptors (Lipinski definition) is 3. The van der Waals surface area contributed by atoms with Gasteiger partial charge >= 0.3 is 0 Å². The summed E-state index contributed by atoms with van der Waals surface area (Å²) in [7, 11) is 0. The molecule has 0 amide bonds. The first kappa shape index (κ1) is 16.7. The van der Waals surface area contributed by atoms with Gasteiger partial charge < -0.3 is 0 Å². The van der Waals surface area contributed by atoms with Gasteiger partial charge in [-0.05, 0) is 45.4 Å². The molecule has 2 nitrogen and oxygen atoms in total. The van der Waals surface area contributed by atoms with Crippen molar-refractivity contribution >= 4 is 35.0 Å². The second kappa shape index (κ2) is 7.40. The molecule has 19 heavy (non-hydrogen) atoms. The molecule has 1 unspecified atom stereocenters. The van der Waals surface area contributed by atoms with E-state index < -0.39 is 5.54 Å². The highest BCUT2D eigenvalue weighted by atomic mass is 35.5. The van der Waals surface area contributed by atoms with Crippen LogP contribution >= 0.6 is 35.0 Å². The molecule has 1 rings (SSSR count). The molecular formula is C14H18Cl2N2S. The fourth-order valence-corrected chi connectivity index (χ4v) is 3.21. The third kappa shape index (κ3) is 5.62. The monoisotopic (exact) mass is 316 g/mol. The van der Waals surface area contributed by atoms with Gasteiger partial charge in [0.05, 0.1) is 16.1 Å². The molecule has 0 aliphatic rings. The van der Waals surface area contributed by atoms with Crippen molar-refractivity contribution in [2.45, 2.75) is 43.7 Å². The molecule has 0 heterocycles. The molecule has 1 atom stereocenters. The second-order valence-electron chi connectivity index (χ2n) is 4.92. The zero-order valence-corrected chi connectivity index (χ0v) is 13.7. The lowest BCUT2D eigenvalue weighted by molar-refractivity contribution is 0.397. The summed E-state index contributed by atoms with van der Waals surface area (Å²) < 4.78 is 0. The van der Waals surface area contributed by atoms with Gasteiger partial charge in [0.1, 0.15) is 5.54 Å². The van der Waals surface area contributed by atoms with E-state index in [-0.39, 0.29) is 0 Å². The van der Waals surface area contributed by atoms with Gasteiger partial charge in [-0.15, -0.1) is 11.8 Å². The zero-order valence-electron chi connectivity index (χ0n) is 11.3. The van der Waals surface area contributed by atoms with Crippen LogP contribution in [0.3, 0.4) is 0 Å². The van der Waals surface area contributed by atoms with Crippen LogP contribution < -0.4 is 5.32 Å². The van der Waals surface area contributed by atoms with E-state index in [9.17, 15) is 5.26 Å². The average Bonchev–Trinajstić information content (AvgIpc) is 2.33. The van der Waals surface area contributed by atoms with Gasteiger partial charge in [-0.2, -0.15) is 5.26 Å². The molecule has 0 bridgehead atoms. The maximum atomic E-state index is 9.25. The fraction of sp³-hybridized carbons (Fsp3) is 0.500. The van der Waals surface area contributed by atoms with Crippen molar-refractivity contribution in [1.29, 1.82) is 5.26 Å². The highest BCUT2D eigenvalue weighted by Gasteiger charge is 2.23. The van der Waals surface area contributed by atoms with E-state index in [1.807, 2.05) is 32.9 Å². The van der Waals surface area contributed by atoms with E-state index in [1.54, 1.807) is 17.8 Å². The number of nitrogens with one attached hydrogen (secondary N) is 1. The van der Waals surface area contributed by atoms with Crippen molar-refractivity contribution in [2.24, 2.45) is 0 Å². The Hall–Kier alpha value is -0.400. The van der Waals surface area contributed by atoms with Crippen LogP contribution in [0, 0.1) is 11.3 Å². The standard InChI is InChI=1S/C14H18Cl2N2S/c1-10(2)18-14(3,9-17)6-7-19-11-4-5-12(15)13(16)8-11/h4-5,8,10,18H,6-7H2,1-3H3.